The third kappa shape index (κ3) is 2.81. The number of pyridine rings is 1. The molecule has 0 aliphatic heterocycles. The van der Waals surface area contributed by atoms with E-state index in [-0.39, 0.29) is 17.3 Å². The maximum absolute atomic E-state index is 10.9. The highest BCUT2D eigenvalue weighted by molar-refractivity contribution is 5.52. The molecule has 0 aliphatic rings. The Kier molecular flexibility index (Phi) is 3.77. The number of nitriles is 1. The van der Waals surface area contributed by atoms with Crippen LogP contribution in [0.15, 0.2) is 36.5 Å². The van der Waals surface area contributed by atoms with Crippen LogP contribution >= 0.6 is 0 Å². The van der Waals surface area contributed by atoms with Crippen molar-refractivity contribution in [1.29, 1.82) is 5.26 Å². The first-order valence-electron chi connectivity index (χ1n) is 5.50. The molecule has 2 rings (SSSR count). The molecule has 1 aromatic carbocycles. The zero-order chi connectivity index (χ0) is 14.5. The lowest BCUT2D eigenvalue weighted by Crippen LogP contribution is -1.96. The summed E-state index contributed by atoms with van der Waals surface area (Å²) < 4.78 is 10.4. The highest BCUT2D eigenvalue weighted by Crippen LogP contribution is 2.34. The molecule has 2 aromatic rings. The van der Waals surface area contributed by atoms with Crippen molar-refractivity contribution >= 4 is 5.69 Å². The summed E-state index contributed by atoms with van der Waals surface area (Å²) >= 11 is 0. The number of ether oxygens (including phenoxy) is 2. The molecule has 100 valence electrons. The summed E-state index contributed by atoms with van der Waals surface area (Å²) in [6.07, 6.45) is 1.39. The first-order chi connectivity index (χ1) is 9.63. The van der Waals surface area contributed by atoms with E-state index in [1.54, 1.807) is 0 Å². The van der Waals surface area contributed by atoms with Crippen molar-refractivity contribution in [3.8, 4) is 23.4 Å². The van der Waals surface area contributed by atoms with Gasteiger partial charge in [0, 0.05) is 24.4 Å². The molecule has 0 N–H and O–H groups in total. The molecule has 20 heavy (non-hydrogen) atoms. The molecule has 1 aromatic heterocycles. The molecule has 0 spiro atoms. The monoisotopic (exact) mass is 271 g/mol. The first-order valence-corrected chi connectivity index (χ1v) is 5.50. The quantitative estimate of drug-likeness (QED) is 0.626. The molecule has 0 radical (unpaired) electrons. The SMILES string of the molecule is COc1ccc([N+](=O)[O-])c(Oc2cc(C#N)ccn2)c1. The van der Waals surface area contributed by atoms with Gasteiger partial charge in [-0.25, -0.2) is 4.98 Å². The molecule has 0 atom stereocenters. The van der Waals surface area contributed by atoms with Gasteiger partial charge in [-0.1, -0.05) is 0 Å². The van der Waals surface area contributed by atoms with Gasteiger partial charge in [-0.3, -0.25) is 10.1 Å². The Morgan fingerprint density at radius 2 is 2.15 bits per heavy atom. The van der Waals surface area contributed by atoms with Gasteiger partial charge in [-0.15, -0.1) is 0 Å². The summed E-state index contributed by atoms with van der Waals surface area (Å²) in [7, 11) is 1.44. The van der Waals surface area contributed by atoms with Crippen LogP contribution in [0.1, 0.15) is 5.56 Å². The van der Waals surface area contributed by atoms with E-state index in [0.717, 1.165) is 0 Å². The van der Waals surface area contributed by atoms with Crippen molar-refractivity contribution in [3.63, 3.8) is 0 Å². The van der Waals surface area contributed by atoms with Crippen molar-refractivity contribution in [1.82, 2.24) is 4.98 Å². The average Bonchev–Trinajstić information content (AvgIpc) is 2.47. The van der Waals surface area contributed by atoms with Crippen LogP contribution < -0.4 is 9.47 Å². The number of aromatic nitrogens is 1. The molecule has 7 heteroatoms. The van der Waals surface area contributed by atoms with Gasteiger partial charge in [-0.2, -0.15) is 5.26 Å². The third-order valence-corrected chi connectivity index (χ3v) is 2.44. The summed E-state index contributed by atoms with van der Waals surface area (Å²) in [5.41, 5.74) is 0.135. The fourth-order valence-corrected chi connectivity index (χ4v) is 1.50. The molecule has 0 saturated carbocycles. The van der Waals surface area contributed by atoms with Crippen LogP contribution in [-0.2, 0) is 0 Å². The predicted molar refractivity (Wildman–Crippen MR) is 68.7 cm³/mol. The van der Waals surface area contributed by atoms with Crippen molar-refractivity contribution in [2.45, 2.75) is 0 Å². The van der Waals surface area contributed by atoms with Gasteiger partial charge in [0.15, 0.2) is 0 Å². The summed E-state index contributed by atoms with van der Waals surface area (Å²) in [6, 6.07) is 8.96. The Labute approximate surface area is 114 Å². The lowest BCUT2D eigenvalue weighted by atomic mass is 10.2. The van der Waals surface area contributed by atoms with Gasteiger partial charge in [-0.05, 0) is 12.1 Å². The highest BCUT2D eigenvalue weighted by Gasteiger charge is 2.17. The van der Waals surface area contributed by atoms with E-state index in [1.807, 2.05) is 6.07 Å². The number of methoxy groups -OCH3 is 1. The summed E-state index contributed by atoms with van der Waals surface area (Å²) in [6.45, 7) is 0. The van der Waals surface area contributed by atoms with Crippen molar-refractivity contribution < 1.29 is 14.4 Å². The highest BCUT2D eigenvalue weighted by atomic mass is 16.6. The van der Waals surface area contributed by atoms with E-state index in [1.165, 1.54) is 43.6 Å². The number of nitro benzene ring substituents is 1. The Morgan fingerprint density at radius 3 is 2.80 bits per heavy atom. The van der Waals surface area contributed by atoms with E-state index >= 15 is 0 Å². The molecule has 0 fully saturated rings. The maximum atomic E-state index is 10.9. The summed E-state index contributed by atoms with van der Waals surface area (Å²) in [4.78, 5) is 14.3. The zero-order valence-corrected chi connectivity index (χ0v) is 10.4. The Morgan fingerprint density at radius 1 is 1.35 bits per heavy atom. The summed E-state index contributed by atoms with van der Waals surface area (Å²) in [5, 5.41) is 19.7. The third-order valence-electron chi connectivity index (χ3n) is 2.44. The number of hydrogen-bond donors (Lipinski definition) is 0. The van der Waals surface area contributed by atoms with Crippen molar-refractivity contribution in [3.05, 3.63) is 52.2 Å². The minimum Gasteiger partial charge on any atom is -0.497 e. The van der Waals surface area contributed by atoms with Crippen LogP contribution in [0.5, 0.6) is 17.4 Å². The molecule has 1 heterocycles. The topological polar surface area (TPSA) is 98.3 Å². The minimum atomic E-state index is -0.567. The van der Waals surface area contributed by atoms with E-state index in [0.29, 0.717) is 11.3 Å². The van der Waals surface area contributed by atoms with Gasteiger partial charge in [0.2, 0.25) is 11.6 Å². The second kappa shape index (κ2) is 5.67. The van der Waals surface area contributed by atoms with Crippen LogP contribution in [0.4, 0.5) is 5.69 Å². The second-order valence-electron chi connectivity index (χ2n) is 3.69. The lowest BCUT2D eigenvalue weighted by molar-refractivity contribution is -0.385. The fourth-order valence-electron chi connectivity index (χ4n) is 1.50. The number of benzene rings is 1. The molecular weight excluding hydrogens is 262 g/mol. The molecule has 0 bridgehead atoms. The van der Waals surface area contributed by atoms with Crippen molar-refractivity contribution in [2.24, 2.45) is 0 Å². The van der Waals surface area contributed by atoms with Crippen LogP contribution in [0.25, 0.3) is 0 Å². The predicted octanol–water partition coefficient (Wildman–Crippen LogP) is 2.66. The van der Waals surface area contributed by atoms with Crippen molar-refractivity contribution in [2.75, 3.05) is 7.11 Å². The standard InChI is InChI=1S/C13H9N3O4/c1-19-10-2-3-11(16(17)18)12(7-10)20-13-6-9(8-14)4-5-15-13/h2-7H,1H3. The zero-order valence-electron chi connectivity index (χ0n) is 10.4. The molecular formula is C13H9N3O4. The normalized spacial score (nSPS) is 9.60. The van der Waals surface area contributed by atoms with Crippen LogP contribution in [-0.4, -0.2) is 17.0 Å². The van der Waals surface area contributed by atoms with E-state index in [9.17, 15) is 10.1 Å². The van der Waals surface area contributed by atoms with Gasteiger partial charge in [0.25, 0.3) is 0 Å². The fraction of sp³-hybridized carbons (Fsp3) is 0.0769. The largest absolute Gasteiger partial charge is 0.497 e. The first kappa shape index (κ1) is 13.3. The average molecular weight is 271 g/mol. The Balaban J connectivity index is 2.40. The van der Waals surface area contributed by atoms with Gasteiger partial charge >= 0.3 is 5.69 Å². The van der Waals surface area contributed by atoms with Gasteiger partial charge in [0.05, 0.1) is 23.7 Å². The van der Waals surface area contributed by atoms with E-state index in [4.69, 9.17) is 14.7 Å². The van der Waals surface area contributed by atoms with Gasteiger partial charge in [0.1, 0.15) is 5.75 Å². The number of nitrogens with zero attached hydrogens (tertiary/aromatic N) is 3. The van der Waals surface area contributed by atoms with Crippen LogP contribution in [0, 0.1) is 21.4 Å². The Bertz CT molecular complexity index is 694. The molecule has 7 nitrogen and oxygen atoms in total. The number of nitro groups is 1. The van der Waals surface area contributed by atoms with Crippen LogP contribution in [0.3, 0.4) is 0 Å². The molecule has 0 unspecified atom stereocenters. The minimum absolute atomic E-state index is 0.00283. The number of rotatable bonds is 4. The van der Waals surface area contributed by atoms with E-state index < -0.39 is 4.92 Å². The smallest absolute Gasteiger partial charge is 0.311 e. The lowest BCUT2D eigenvalue weighted by Gasteiger charge is -2.07. The molecule has 0 saturated heterocycles. The second-order valence-corrected chi connectivity index (χ2v) is 3.69. The molecule has 0 amide bonds. The summed E-state index contributed by atoms with van der Waals surface area (Å²) in [5.74, 6) is 0.513. The van der Waals surface area contributed by atoms with Crippen LogP contribution in [0.2, 0.25) is 0 Å². The van der Waals surface area contributed by atoms with E-state index in [2.05, 4.69) is 4.98 Å². The molecule has 0 aliphatic carbocycles. The number of hydrogen-bond acceptors (Lipinski definition) is 6. The Hall–Kier alpha value is -3.14. The van der Waals surface area contributed by atoms with Gasteiger partial charge < -0.3 is 9.47 Å². The maximum Gasteiger partial charge on any atom is 0.311 e.